The molecule has 0 radical (unpaired) electrons. The van der Waals surface area contributed by atoms with E-state index >= 15 is 0 Å². The van der Waals surface area contributed by atoms with Crippen LogP contribution < -0.4 is 5.32 Å². The van der Waals surface area contributed by atoms with E-state index in [1.165, 1.54) is 0 Å². The van der Waals surface area contributed by atoms with Gasteiger partial charge in [0.2, 0.25) is 13.6 Å². The van der Waals surface area contributed by atoms with E-state index in [-0.39, 0.29) is 0 Å². The minimum Gasteiger partial charge on any atom is -0.343 e. The van der Waals surface area contributed by atoms with Gasteiger partial charge in [0, 0.05) is 31.2 Å². The van der Waals surface area contributed by atoms with Crippen LogP contribution in [0, 0.1) is 0 Å². The molecule has 7 heteroatoms. The smallest absolute Gasteiger partial charge is 0.246 e. The molecule has 1 aromatic carbocycles. The SMILES string of the molecule is CCOC(CCCNCc1cccc(Cl)c1)(OCC)[PH](=O)O. The lowest BCUT2D eigenvalue weighted by Gasteiger charge is -2.30. The molecule has 2 N–H and O–H groups in total. The number of hydrogen-bond acceptors (Lipinski definition) is 4. The predicted molar refractivity (Wildman–Crippen MR) is 89.6 cm³/mol. The maximum atomic E-state index is 11.6. The summed E-state index contributed by atoms with van der Waals surface area (Å²) in [6, 6.07) is 7.65. The first-order chi connectivity index (χ1) is 10.5. The Kier molecular flexibility index (Phi) is 9.25. The van der Waals surface area contributed by atoms with Gasteiger partial charge in [-0.15, -0.1) is 0 Å². The van der Waals surface area contributed by atoms with Gasteiger partial charge >= 0.3 is 0 Å². The standard InChI is InChI=1S/C15H25ClNO4P/c1-3-20-15(21-4-2,22(18)19)9-6-10-17-12-13-7-5-8-14(16)11-13/h5,7-8,11,17,22H,3-4,6,9-10,12H2,1-2H3,(H,18,19). The summed E-state index contributed by atoms with van der Waals surface area (Å²) >= 11 is 5.93. The predicted octanol–water partition coefficient (Wildman–Crippen LogP) is 3.40. The Hall–Kier alpha value is -0.420. The van der Waals surface area contributed by atoms with Crippen LogP contribution in [0.2, 0.25) is 5.02 Å². The summed E-state index contributed by atoms with van der Waals surface area (Å²) in [5, 5.41) is 4.00. The van der Waals surface area contributed by atoms with Crippen LogP contribution in [0.4, 0.5) is 0 Å². The molecule has 0 aliphatic heterocycles. The zero-order valence-corrected chi connectivity index (χ0v) is 14.9. The molecule has 0 amide bonds. The van der Waals surface area contributed by atoms with E-state index in [4.69, 9.17) is 21.1 Å². The fraction of sp³-hybridized carbons (Fsp3) is 0.600. The lowest BCUT2D eigenvalue weighted by Crippen LogP contribution is -2.33. The number of rotatable bonds is 11. The van der Waals surface area contributed by atoms with E-state index in [0.29, 0.717) is 44.2 Å². The molecule has 5 nitrogen and oxygen atoms in total. The van der Waals surface area contributed by atoms with Crippen molar-refractivity contribution in [1.29, 1.82) is 0 Å². The van der Waals surface area contributed by atoms with Crippen molar-refractivity contribution in [3.05, 3.63) is 34.9 Å². The van der Waals surface area contributed by atoms with Crippen molar-refractivity contribution in [1.82, 2.24) is 5.32 Å². The zero-order valence-electron chi connectivity index (χ0n) is 13.1. The van der Waals surface area contributed by atoms with Gasteiger partial charge in [0.25, 0.3) is 0 Å². The summed E-state index contributed by atoms with van der Waals surface area (Å²) in [6.07, 6.45) is 1.06. The molecule has 0 bridgehead atoms. The van der Waals surface area contributed by atoms with Crippen molar-refractivity contribution < 1.29 is 18.9 Å². The largest absolute Gasteiger partial charge is 0.343 e. The summed E-state index contributed by atoms with van der Waals surface area (Å²) in [5.41, 5.74) is -0.254. The van der Waals surface area contributed by atoms with Gasteiger partial charge in [-0.1, -0.05) is 23.7 Å². The summed E-state index contributed by atoms with van der Waals surface area (Å²) in [7, 11) is -2.94. The summed E-state index contributed by atoms with van der Waals surface area (Å²) < 4.78 is 22.5. The van der Waals surface area contributed by atoms with E-state index in [1.807, 2.05) is 24.3 Å². The van der Waals surface area contributed by atoms with E-state index < -0.39 is 13.6 Å². The Bertz CT molecular complexity index is 467. The van der Waals surface area contributed by atoms with Crippen molar-refractivity contribution in [3.8, 4) is 0 Å². The molecule has 0 spiro atoms. The Balaban J connectivity index is 2.41. The highest BCUT2D eigenvalue weighted by atomic mass is 35.5. The van der Waals surface area contributed by atoms with E-state index in [0.717, 1.165) is 5.56 Å². The fourth-order valence-electron chi connectivity index (χ4n) is 2.21. The second kappa shape index (κ2) is 10.4. The quantitative estimate of drug-likeness (QED) is 0.364. The van der Waals surface area contributed by atoms with E-state index in [1.54, 1.807) is 13.8 Å². The first-order valence-electron chi connectivity index (χ1n) is 7.50. The Labute approximate surface area is 137 Å². The lowest BCUT2D eigenvalue weighted by atomic mass is 10.2. The highest BCUT2D eigenvalue weighted by molar-refractivity contribution is 7.39. The molecular weight excluding hydrogens is 325 g/mol. The molecule has 1 rings (SSSR count). The van der Waals surface area contributed by atoms with Crippen molar-refractivity contribution in [2.45, 2.75) is 38.8 Å². The van der Waals surface area contributed by atoms with Crippen LogP contribution in [-0.4, -0.2) is 30.2 Å². The van der Waals surface area contributed by atoms with E-state index in [9.17, 15) is 9.46 Å². The fourth-order valence-corrected chi connectivity index (χ4v) is 3.35. The third kappa shape index (κ3) is 6.37. The Morgan fingerprint density at radius 2 is 2.00 bits per heavy atom. The van der Waals surface area contributed by atoms with Crippen LogP contribution in [0.5, 0.6) is 0 Å². The van der Waals surface area contributed by atoms with Crippen LogP contribution in [-0.2, 0) is 20.6 Å². The van der Waals surface area contributed by atoms with Crippen LogP contribution >= 0.6 is 19.6 Å². The summed E-state index contributed by atoms with van der Waals surface area (Å²) in [5.74, 6) is 0. The highest BCUT2D eigenvalue weighted by Gasteiger charge is 2.37. The molecule has 126 valence electrons. The van der Waals surface area contributed by atoms with Crippen LogP contribution in [0.3, 0.4) is 0 Å². The molecule has 0 aromatic heterocycles. The average molecular weight is 350 g/mol. The Morgan fingerprint density at radius 1 is 1.32 bits per heavy atom. The molecule has 0 heterocycles. The zero-order chi connectivity index (χ0) is 16.4. The molecule has 1 aromatic rings. The third-order valence-corrected chi connectivity index (χ3v) is 4.58. The third-order valence-electron chi connectivity index (χ3n) is 3.16. The molecule has 1 atom stereocenters. The monoisotopic (exact) mass is 349 g/mol. The number of ether oxygens (including phenoxy) is 2. The van der Waals surface area contributed by atoms with Gasteiger partial charge in [-0.3, -0.25) is 4.57 Å². The van der Waals surface area contributed by atoms with Crippen molar-refractivity contribution >= 4 is 19.6 Å². The average Bonchev–Trinajstić information content (AvgIpc) is 2.47. The number of nitrogens with one attached hydrogen (secondary N) is 1. The van der Waals surface area contributed by atoms with Crippen LogP contribution in [0.1, 0.15) is 32.3 Å². The minimum atomic E-state index is -2.94. The second-order valence-corrected chi connectivity index (χ2v) is 6.64. The van der Waals surface area contributed by atoms with Gasteiger partial charge in [0.05, 0.1) is 0 Å². The van der Waals surface area contributed by atoms with Crippen LogP contribution in [0.25, 0.3) is 0 Å². The van der Waals surface area contributed by atoms with Gasteiger partial charge in [-0.2, -0.15) is 0 Å². The van der Waals surface area contributed by atoms with Gasteiger partial charge in [0.1, 0.15) is 0 Å². The molecule has 0 aliphatic carbocycles. The Morgan fingerprint density at radius 3 is 2.55 bits per heavy atom. The normalized spacial score (nSPS) is 13.3. The van der Waals surface area contributed by atoms with Gasteiger partial charge in [-0.05, 0) is 44.5 Å². The molecular formula is C15H25ClNO4P. The maximum Gasteiger partial charge on any atom is 0.246 e. The summed E-state index contributed by atoms with van der Waals surface area (Å²) in [6.45, 7) is 5.65. The first-order valence-corrected chi connectivity index (χ1v) is 9.24. The molecule has 0 saturated carbocycles. The number of benzene rings is 1. The molecule has 22 heavy (non-hydrogen) atoms. The topological polar surface area (TPSA) is 67.8 Å². The van der Waals surface area contributed by atoms with Crippen LogP contribution in [0.15, 0.2) is 24.3 Å². The second-order valence-electron chi connectivity index (χ2n) is 4.83. The number of hydrogen-bond donors (Lipinski definition) is 2. The lowest BCUT2D eigenvalue weighted by molar-refractivity contribution is -0.180. The molecule has 1 unspecified atom stereocenters. The first kappa shape index (κ1) is 19.6. The van der Waals surface area contributed by atoms with Gasteiger partial charge in [0.15, 0.2) is 0 Å². The summed E-state index contributed by atoms with van der Waals surface area (Å²) in [4.78, 5) is 9.55. The van der Waals surface area contributed by atoms with Crippen molar-refractivity contribution in [2.75, 3.05) is 19.8 Å². The van der Waals surface area contributed by atoms with Gasteiger partial charge in [-0.25, -0.2) is 0 Å². The minimum absolute atomic E-state index is 0.340. The highest BCUT2D eigenvalue weighted by Crippen LogP contribution is 2.41. The molecule has 0 saturated heterocycles. The maximum absolute atomic E-state index is 11.6. The molecule has 0 fully saturated rings. The molecule has 0 aliphatic rings. The number of halogens is 1. The van der Waals surface area contributed by atoms with Gasteiger partial charge < -0.3 is 19.7 Å². The van der Waals surface area contributed by atoms with Crippen molar-refractivity contribution in [2.24, 2.45) is 0 Å². The van der Waals surface area contributed by atoms with E-state index in [2.05, 4.69) is 5.32 Å². The van der Waals surface area contributed by atoms with Crippen molar-refractivity contribution in [3.63, 3.8) is 0 Å².